The summed E-state index contributed by atoms with van der Waals surface area (Å²) in [6.07, 6.45) is 6.40. The van der Waals surface area contributed by atoms with Crippen LogP contribution in [-0.4, -0.2) is 52.1 Å². The molecule has 8 nitrogen and oxygen atoms in total. The number of aliphatic hydroxyl groups is 1. The van der Waals surface area contributed by atoms with E-state index in [1.807, 2.05) is 0 Å². The third-order valence-electron chi connectivity index (χ3n) is 2.93. The van der Waals surface area contributed by atoms with E-state index in [-0.39, 0.29) is 0 Å². The molecule has 23 heavy (non-hydrogen) atoms. The minimum absolute atomic E-state index is 0.365. The maximum Gasteiger partial charge on any atom is 0.325 e. The Hall–Kier alpha value is -1.19. The fourth-order valence-corrected chi connectivity index (χ4v) is 2.28. The number of hydrogen-bond donors (Lipinski definition) is 4. The van der Waals surface area contributed by atoms with Crippen LogP contribution in [0.1, 0.15) is 58.8 Å². The molecule has 1 unspecified atom stereocenters. The van der Waals surface area contributed by atoms with Crippen molar-refractivity contribution in [2.45, 2.75) is 64.0 Å². The van der Waals surface area contributed by atoms with Gasteiger partial charge in [0.15, 0.2) is 5.25 Å². The lowest BCUT2D eigenvalue weighted by Gasteiger charge is -2.04. The minimum Gasteiger partial charge on any atom is -0.481 e. The molecular weight excluding hydrogens is 328 g/mol. The van der Waals surface area contributed by atoms with Crippen LogP contribution in [-0.2, 0) is 19.7 Å². The molecule has 0 fully saturated rings. The molecule has 0 saturated carbocycles. The second-order valence-electron chi connectivity index (χ2n) is 5.61. The maximum atomic E-state index is 10.2. The molecule has 0 spiro atoms. The predicted octanol–water partition coefficient (Wildman–Crippen LogP) is 1.78. The zero-order chi connectivity index (χ0) is 18.5. The molecule has 0 aliphatic rings. The lowest BCUT2D eigenvalue weighted by molar-refractivity contribution is -0.143. The Bertz CT molecular complexity index is 430. The van der Waals surface area contributed by atoms with Crippen molar-refractivity contribution in [3.63, 3.8) is 0 Å². The standard InChI is InChI=1S/C10H22O.C4H6O7S/c1-10(2)8-6-4-3-5-7-9-11;5-3(6)1-2(4(7)8)12(9,10)11/h10-11H,3-9H2,1-2H3;2H,1H2,(H,5,6)(H,7,8)(H,9,10,11). The van der Waals surface area contributed by atoms with Crippen LogP contribution in [0, 0.1) is 5.92 Å². The van der Waals surface area contributed by atoms with Crippen molar-refractivity contribution >= 4 is 22.1 Å². The van der Waals surface area contributed by atoms with Crippen LogP contribution in [0.25, 0.3) is 0 Å². The van der Waals surface area contributed by atoms with Crippen LogP contribution in [0.15, 0.2) is 0 Å². The Morgan fingerprint density at radius 3 is 1.74 bits per heavy atom. The van der Waals surface area contributed by atoms with E-state index < -0.39 is 33.7 Å². The number of carbonyl (C=O) groups is 2. The Morgan fingerprint density at radius 2 is 1.43 bits per heavy atom. The van der Waals surface area contributed by atoms with Crippen LogP contribution in [0.4, 0.5) is 0 Å². The summed E-state index contributed by atoms with van der Waals surface area (Å²) in [5.74, 6) is -2.65. The second-order valence-corrected chi connectivity index (χ2v) is 7.21. The molecule has 0 aromatic carbocycles. The molecule has 0 aliphatic heterocycles. The van der Waals surface area contributed by atoms with Gasteiger partial charge in [0.25, 0.3) is 10.1 Å². The Kier molecular flexibility index (Phi) is 13.9. The summed E-state index contributed by atoms with van der Waals surface area (Å²) in [6.45, 7) is 4.91. The van der Waals surface area contributed by atoms with Gasteiger partial charge in [0, 0.05) is 6.61 Å². The smallest absolute Gasteiger partial charge is 0.325 e. The Morgan fingerprint density at radius 1 is 0.957 bits per heavy atom. The SMILES string of the molecule is CC(C)CCCCCCCO.O=C(O)CC(C(=O)O)S(=O)(=O)O. The highest BCUT2D eigenvalue weighted by atomic mass is 32.2. The van der Waals surface area contributed by atoms with Crippen LogP contribution in [0.5, 0.6) is 0 Å². The third-order valence-corrected chi connectivity index (χ3v) is 4.02. The van der Waals surface area contributed by atoms with Gasteiger partial charge < -0.3 is 15.3 Å². The van der Waals surface area contributed by atoms with Gasteiger partial charge in [0.2, 0.25) is 0 Å². The highest BCUT2D eigenvalue weighted by Crippen LogP contribution is 2.10. The molecule has 0 amide bonds. The quantitative estimate of drug-likeness (QED) is 0.323. The van der Waals surface area contributed by atoms with E-state index in [0.29, 0.717) is 6.61 Å². The predicted molar refractivity (Wildman–Crippen MR) is 84.9 cm³/mol. The van der Waals surface area contributed by atoms with Gasteiger partial charge in [-0.05, 0) is 12.3 Å². The largest absolute Gasteiger partial charge is 0.481 e. The third kappa shape index (κ3) is 17.0. The van der Waals surface area contributed by atoms with Gasteiger partial charge in [0.05, 0.1) is 6.42 Å². The van der Waals surface area contributed by atoms with Gasteiger partial charge in [-0.3, -0.25) is 14.1 Å². The minimum atomic E-state index is -4.84. The van der Waals surface area contributed by atoms with Gasteiger partial charge in [-0.2, -0.15) is 8.42 Å². The van der Waals surface area contributed by atoms with Gasteiger partial charge in [-0.15, -0.1) is 0 Å². The fraction of sp³-hybridized carbons (Fsp3) is 0.857. The topological polar surface area (TPSA) is 149 Å². The summed E-state index contributed by atoms with van der Waals surface area (Å²) in [7, 11) is -4.84. The number of unbranched alkanes of at least 4 members (excludes halogenated alkanes) is 4. The first kappa shape index (κ1) is 24.1. The van der Waals surface area contributed by atoms with Crippen molar-refractivity contribution in [1.82, 2.24) is 0 Å². The summed E-state index contributed by atoms with van der Waals surface area (Å²) in [6, 6.07) is 0. The molecule has 0 saturated heterocycles. The van der Waals surface area contributed by atoms with E-state index in [2.05, 4.69) is 13.8 Å². The van der Waals surface area contributed by atoms with Crippen molar-refractivity contribution in [2.24, 2.45) is 5.92 Å². The van der Waals surface area contributed by atoms with Crippen LogP contribution < -0.4 is 0 Å². The maximum absolute atomic E-state index is 10.2. The van der Waals surface area contributed by atoms with Gasteiger partial charge in [-0.25, -0.2) is 0 Å². The Labute approximate surface area is 137 Å². The lowest BCUT2D eigenvalue weighted by atomic mass is 10.0. The highest BCUT2D eigenvalue weighted by molar-refractivity contribution is 7.87. The molecule has 0 aromatic rings. The summed E-state index contributed by atoms with van der Waals surface area (Å²) in [5, 5.41) is 22.4. The van der Waals surface area contributed by atoms with E-state index in [0.717, 1.165) is 12.3 Å². The molecule has 138 valence electrons. The zero-order valence-electron chi connectivity index (χ0n) is 13.6. The molecule has 0 heterocycles. The fourth-order valence-electron chi connectivity index (χ4n) is 1.67. The average molecular weight is 356 g/mol. The second kappa shape index (κ2) is 13.3. The molecule has 0 bridgehead atoms. The molecule has 9 heteroatoms. The van der Waals surface area contributed by atoms with Gasteiger partial charge >= 0.3 is 11.9 Å². The molecule has 0 rings (SSSR count). The van der Waals surface area contributed by atoms with Gasteiger partial charge in [0.1, 0.15) is 0 Å². The molecule has 4 N–H and O–H groups in total. The lowest BCUT2D eigenvalue weighted by Crippen LogP contribution is -2.31. The van der Waals surface area contributed by atoms with E-state index in [1.54, 1.807) is 0 Å². The molecular formula is C14H28O8S. The van der Waals surface area contributed by atoms with Crippen molar-refractivity contribution in [3.05, 3.63) is 0 Å². The summed E-state index contributed by atoms with van der Waals surface area (Å²) in [5.41, 5.74) is 0. The van der Waals surface area contributed by atoms with Crippen LogP contribution in [0.2, 0.25) is 0 Å². The monoisotopic (exact) mass is 356 g/mol. The van der Waals surface area contributed by atoms with E-state index in [1.165, 1.54) is 32.1 Å². The van der Waals surface area contributed by atoms with Gasteiger partial charge in [-0.1, -0.05) is 46.0 Å². The average Bonchev–Trinajstić information content (AvgIpc) is 2.39. The molecule has 0 aliphatic carbocycles. The van der Waals surface area contributed by atoms with E-state index in [4.69, 9.17) is 19.9 Å². The first-order chi connectivity index (χ1) is 10.5. The normalized spacial score (nSPS) is 12.4. The molecule has 0 radical (unpaired) electrons. The highest BCUT2D eigenvalue weighted by Gasteiger charge is 2.33. The zero-order valence-corrected chi connectivity index (χ0v) is 14.5. The van der Waals surface area contributed by atoms with Crippen molar-refractivity contribution in [2.75, 3.05) is 6.61 Å². The number of aliphatic hydroxyl groups excluding tert-OH is 1. The molecule has 1 atom stereocenters. The molecule has 0 aromatic heterocycles. The number of hydrogen-bond acceptors (Lipinski definition) is 5. The number of carboxylic acids is 2. The summed E-state index contributed by atoms with van der Waals surface area (Å²) >= 11 is 0. The van der Waals surface area contributed by atoms with E-state index in [9.17, 15) is 18.0 Å². The number of aliphatic carboxylic acids is 2. The summed E-state index contributed by atoms with van der Waals surface area (Å²) < 4.78 is 28.7. The van der Waals surface area contributed by atoms with Crippen molar-refractivity contribution in [1.29, 1.82) is 0 Å². The van der Waals surface area contributed by atoms with Crippen LogP contribution in [0.3, 0.4) is 0 Å². The number of rotatable bonds is 11. The number of carboxylic acid groups (broad SMARTS) is 2. The van der Waals surface area contributed by atoms with Crippen molar-refractivity contribution < 1.29 is 37.9 Å². The van der Waals surface area contributed by atoms with Crippen LogP contribution >= 0.6 is 0 Å². The van der Waals surface area contributed by atoms with Crippen molar-refractivity contribution in [3.8, 4) is 0 Å². The first-order valence-electron chi connectivity index (χ1n) is 7.54. The first-order valence-corrected chi connectivity index (χ1v) is 9.04. The van der Waals surface area contributed by atoms with E-state index >= 15 is 0 Å². The summed E-state index contributed by atoms with van der Waals surface area (Å²) in [4.78, 5) is 20.0. The Balaban J connectivity index is 0.